The SMILES string of the molecule is COCc1ccc(C(C)(C)C(=O)NCc2cc(Cl)c(C3CCC(=O)NC3=O)c(Cl)c2)nn1. The Bertz CT molecular complexity index is 1020. The van der Waals surface area contributed by atoms with Crippen LogP contribution in [0.5, 0.6) is 0 Å². The maximum absolute atomic E-state index is 12.9. The Balaban J connectivity index is 1.70. The van der Waals surface area contributed by atoms with E-state index in [2.05, 4.69) is 20.8 Å². The fourth-order valence-electron chi connectivity index (χ4n) is 3.48. The molecule has 0 spiro atoms. The van der Waals surface area contributed by atoms with E-state index in [1.165, 1.54) is 0 Å². The number of carbonyl (C=O) groups excluding carboxylic acids is 3. The van der Waals surface area contributed by atoms with Gasteiger partial charge in [0.15, 0.2) is 0 Å². The molecule has 10 heteroatoms. The summed E-state index contributed by atoms with van der Waals surface area (Å²) in [4.78, 5) is 36.4. The van der Waals surface area contributed by atoms with Crippen molar-refractivity contribution in [3.05, 3.63) is 56.8 Å². The molecule has 32 heavy (non-hydrogen) atoms. The molecule has 3 rings (SSSR count). The average Bonchev–Trinajstić information content (AvgIpc) is 2.73. The fraction of sp³-hybridized carbons (Fsp3) is 0.409. The summed E-state index contributed by atoms with van der Waals surface area (Å²) in [5.74, 6) is -1.55. The van der Waals surface area contributed by atoms with Crippen LogP contribution in [0.3, 0.4) is 0 Å². The van der Waals surface area contributed by atoms with E-state index < -0.39 is 17.2 Å². The van der Waals surface area contributed by atoms with Crippen molar-refractivity contribution < 1.29 is 19.1 Å². The second-order valence-corrected chi connectivity index (χ2v) is 8.94. The molecule has 2 N–H and O–H groups in total. The zero-order valence-electron chi connectivity index (χ0n) is 18.0. The third kappa shape index (κ3) is 5.26. The molecule has 0 radical (unpaired) electrons. The van der Waals surface area contributed by atoms with Crippen LogP contribution in [0.4, 0.5) is 0 Å². The zero-order valence-corrected chi connectivity index (χ0v) is 19.5. The van der Waals surface area contributed by atoms with E-state index in [-0.39, 0.29) is 24.8 Å². The number of rotatable bonds is 7. The summed E-state index contributed by atoms with van der Waals surface area (Å²) in [7, 11) is 1.57. The van der Waals surface area contributed by atoms with Crippen LogP contribution in [0.15, 0.2) is 24.3 Å². The Morgan fingerprint density at radius 2 is 1.91 bits per heavy atom. The topological polar surface area (TPSA) is 110 Å². The molecule has 0 bridgehead atoms. The number of piperidine rings is 1. The molecule has 1 aromatic heterocycles. The van der Waals surface area contributed by atoms with Crippen LogP contribution in [-0.2, 0) is 37.7 Å². The highest BCUT2D eigenvalue weighted by Gasteiger charge is 2.33. The van der Waals surface area contributed by atoms with Crippen molar-refractivity contribution in [2.75, 3.05) is 7.11 Å². The van der Waals surface area contributed by atoms with Gasteiger partial charge in [0.1, 0.15) is 0 Å². The van der Waals surface area contributed by atoms with Crippen molar-refractivity contribution >= 4 is 40.9 Å². The number of benzene rings is 1. The van der Waals surface area contributed by atoms with Gasteiger partial charge in [0.05, 0.1) is 29.3 Å². The number of methoxy groups -OCH3 is 1. The molecule has 1 aliphatic rings. The second kappa shape index (κ2) is 9.94. The normalized spacial score (nSPS) is 16.6. The van der Waals surface area contributed by atoms with Gasteiger partial charge in [-0.25, -0.2) is 0 Å². The van der Waals surface area contributed by atoms with Crippen molar-refractivity contribution in [1.29, 1.82) is 0 Å². The first-order valence-electron chi connectivity index (χ1n) is 10.0. The number of hydrogen-bond acceptors (Lipinski definition) is 6. The predicted molar refractivity (Wildman–Crippen MR) is 119 cm³/mol. The summed E-state index contributed by atoms with van der Waals surface area (Å²) in [5, 5.41) is 14.0. The summed E-state index contributed by atoms with van der Waals surface area (Å²) in [5.41, 5.74) is 1.45. The lowest BCUT2D eigenvalue weighted by atomic mass is 9.87. The molecule has 2 aromatic rings. The number of amides is 3. The fourth-order valence-corrected chi connectivity index (χ4v) is 4.27. The van der Waals surface area contributed by atoms with Gasteiger partial charge in [-0.05, 0) is 50.1 Å². The molecule has 170 valence electrons. The third-order valence-corrected chi connectivity index (χ3v) is 6.02. The number of nitrogens with one attached hydrogen (secondary N) is 2. The van der Waals surface area contributed by atoms with Gasteiger partial charge in [0, 0.05) is 35.7 Å². The van der Waals surface area contributed by atoms with Gasteiger partial charge >= 0.3 is 0 Å². The Morgan fingerprint density at radius 3 is 2.47 bits per heavy atom. The maximum Gasteiger partial charge on any atom is 0.234 e. The van der Waals surface area contributed by atoms with Crippen LogP contribution in [0.1, 0.15) is 55.1 Å². The van der Waals surface area contributed by atoms with E-state index in [9.17, 15) is 14.4 Å². The van der Waals surface area contributed by atoms with Gasteiger partial charge in [-0.3, -0.25) is 19.7 Å². The van der Waals surface area contributed by atoms with Crippen molar-refractivity contribution in [3.8, 4) is 0 Å². The molecule has 0 aliphatic carbocycles. The van der Waals surface area contributed by atoms with Crippen LogP contribution in [-0.4, -0.2) is 35.0 Å². The molecule has 1 aromatic carbocycles. The monoisotopic (exact) mass is 478 g/mol. The largest absolute Gasteiger partial charge is 0.378 e. The number of ether oxygens (including phenoxy) is 1. The molecular weight excluding hydrogens is 455 g/mol. The number of aromatic nitrogens is 2. The molecule has 2 heterocycles. The van der Waals surface area contributed by atoms with Gasteiger partial charge in [0.25, 0.3) is 0 Å². The van der Waals surface area contributed by atoms with Crippen LogP contribution >= 0.6 is 23.2 Å². The second-order valence-electron chi connectivity index (χ2n) is 8.13. The predicted octanol–water partition coefficient (Wildman–Crippen LogP) is 3.04. The highest BCUT2D eigenvalue weighted by atomic mass is 35.5. The van der Waals surface area contributed by atoms with Gasteiger partial charge in [-0.15, -0.1) is 0 Å². The van der Waals surface area contributed by atoms with E-state index in [0.29, 0.717) is 45.6 Å². The maximum atomic E-state index is 12.9. The van der Waals surface area contributed by atoms with Crippen molar-refractivity contribution in [1.82, 2.24) is 20.8 Å². The summed E-state index contributed by atoms with van der Waals surface area (Å²) in [6.45, 7) is 4.05. The van der Waals surface area contributed by atoms with Crippen molar-refractivity contribution in [3.63, 3.8) is 0 Å². The molecule has 1 unspecified atom stereocenters. The minimum atomic E-state index is -0.918. The molecule has 8 nitrogen and oxygen atoms in total. The Kier molecular flexibility index (Phi) is 7.48. The van der Waals surface area contributed by atoms with E-state index in [0.717, 1.165) is 0 Å². The summed E-state index contributed by atoms with van der Waals surface area (Å²) >= 11 is 12.8. The highest BCUT2D eigenvalue weighted by molar-refractivity contribution is 6.36. The van der Waals surface area contributed by atoms with Crippen LogP contribution in [0, 0.1) is 0 Å². The molecule has 1 atom stereocenters. The van der Waals surface area contributed by atoms with Crippen LogP contribution in [0.2, 0.25) is 10.0 Å². The first-order chi connectivity index (χ1) is 15.1. The number of carbonyl (C=O) groups is 3. The summed E-state index contributed by atoms with van der Waals surface area (Å²) < 4.78 is 5.02. The Hall–Kier alpha value is -2.55. The van der Waals surface area contributed by atoms with Crippen molar-refractivity contribution in [2.24, 2.45) is 0 Å². The van der Waals surface area contributed by atoms with Crippen LogP contribution < -0.4 is 10.6 Å². The summed E-state index contributed by atoms with van der Waals surface area (Å²) in [6.07, 6.45) is 0.573. The number of imide groups is 1. The molecular formula is C22H24Cl2N4O4. The van der Waals surface area contributed by atoms with E-state index in [1.807, 2.05) is 0 Å². The summed E-state index contributed by atoms with van der Waals surface area (Å²) in [6, 6.07) is 6.86. The van der Waals surface area contributed by atoms with E-state index >= 15 is 0 Å². The smallest absolute Gasteiger partial charge is 0.234 e. The molecule has 1 saturated heterocycles. The first kappa shape index (κ1) is 24.1. The standard InChI is InChI=1S/C22H24Cl2N4O4/c1-22(2,17-6-4-13(11-32-3)27-28-17)21(31)25-10-12-8-15(23)19(16(24)9-12)14-5-7-18(29)26-20(14)30/h4,6,8-9,14H,5,7,10-11H2,1-3H3,(H,25,31)(H,26,29,30). The lowest BCUT2D eigenvalue weighted by Crippen LogP contribution is -2.40. The molecule has 1 fully saturated rings. The minimum Gasteiger partial charge on any atom is -0.378 e. The minimum absolute atomic E-state index is 0.187. The lowest BCUT2D eigenvalue weighted by molar-refractivity contribution is -0.134. The van der Waals surface area contributed by atoms with E-state index in [1.54, 1.807) is 45.2 Å². The van der Waals surface area contributed by atoms with Gasteiger partial charge < -0.3 is 10.1 Å². The highest BCUT2D eigenvalue weighted by Crippen LogP contribution is 2.37. The molecule has 3 amide bonds. The quantitative estimate of drug-likeness (QED) is 0.591. The third-order valence-electron chi connectivity index (χ3n) is 5.40. The average molecular weight is 479 g/mol. The number of hydrogen-bond donors (Lipinski definition) is 2. The first-order valence-corrected chi connectivity index (χ1v) is 10.8. The molecule has 0 saturated carbocycles. The Labute approximate surface area is 196 Å². The number of halogens is 2. The van der Waals surface area contributed by atoms with Gasteiger partial charge in [-0.2, -0.15) is 10.2 Å². The van der Waals surface area contributed by atoms with Gasteiger partial charge in [0.2, 0.25) is 17.7 Å². The molecule has 1 aliphatic heterocycles. The lowest BCUT2D eigenvalue weighted by Gasteiger charge is -2.24. The van der Waals surface area contributed by atoms with Crippen LogP contribution in [0.25, 0.3) is 0 Å². The van der Waals surface area contributed by atoms with Gasteiger partial charge in [-0.1, -0.05) is 23.2 Å². The van der Waals surface area contributed by atoms with Crippen molar-refractivity contribution in [2.45, 2.75) is 51.2 Å². The number of nitrogens with zero attached hydrogens (tertiary/aromatic N) is 2. The Morgan fingerprint density at radius 1 is 1.22 bits per heavy atom. The van der Waals surface area contributed by atoms with E-state index in [4.69, 9.17) is 27.9 Å². The zero-order chi connectivity index (χ0) is 23.5.